The first kappa shape index (κ1) is 14.2. The van der Waals surface area contributed by atoms with Crippen LogP contribution in [0.4, 0.5) is 4.79 Å². The van der Waals surface area contributed by atoms with Gasteiger partial charge < -0.3 is 14.8 Å². The number of hydrogen-bond acceptors (Lipinski definition) is 5. The normalized spacial score (nSPS) is 17.9. The lowest BCUT2D eigenvalue weighted by Crippen LogP contribution is -2.51. The summed E-state index contributed by atoms with van der Waals surface area (Å²) in [5.41, 5.74) is -0.570. The van der Waals surface area contributed by atoms with Crippen LogP contribution in [0.3, 0.4) is 0 Å². The molecule has 1 aliphatic heterocycles. The first-order valence-electron chi connectivity index (χ1n) is 5.48. The van der Waals surface area contributed by atoms with Crippen LogP contribution in [0.5, 0.6) is 0 Å². The number of ether oxygens (including phenoxy) is 2. The van der Waals surface area contributed by atoms with Crippen molar-refractivity contribution in [3.05, 3.63) is 0 Å². The summed E-state index contributed by atoms with van der Waals surface area (Å²) < 4.78 is 9.80. The minimum atomic E-state index is -0.601. The maximum Gasteiger partial charge on any atom is 0.408 e. The molecular formula is C11H19NO4S. The lowest BCUT2D eigenvalue weighted by Gasteiger charge is -2.32. The van der Waals surface area contributed by atoms with Crippen molar-refractivity contribution in [1.82, 2.24) is 5.32 Å². The van der Waals surface area contributed by atoms with E-state index in [4.69, 9.17) is 4.74 Å². The van der Waals surface area contributed by atoms with Crippen molar-refractivity contribution >= 4 is 23.8 Å². The van der Waals surface area contributed by atoms with Crippen molar-refractivity contribution in [1.29, 1.82) is 0 Å². The van der Waals surface area contributed by atoms with Gasteiger partial charge in [-0.3, -0.25) is 0 Å². The fraction of sp³-hybridized carbons (Fsp3) is 0.818. The summed E-state index contributed by atoms with van der Waals surface area (Å²) in [6.45, 7) is 5.33. The van der Waals surface area contributed by atoms with Crippen molar-refractivity contribution in [3.63, 3.8) is 0 Å². The molecule has 1 aliphatic rings. The van der Waals surface area contributed by atoms with Gasteiger partial charge in [0.25, 0.3) is 0 Å². The Bertz CT molecular complexity index is 296. The van der Waals surface area contributed by atoms with Gasteiger partial charge in [0.05, 0.1) is 7.11 Å². The molecule has 0 aromatic rings. The van der Waals surface area contributed by atoms with E-state index >= 15 is 0 Å². The van der Waals surface area contributed by atoms with Crippen LogP contribution in [0, 0.1) is 5.92 Å². The number of hydrogen-bond donors (Lipinski definition) is 1. The van der Waals surface area contributed by atoms with Crippen LogP contribution in [0.2, 0.25) is 0 Å². The highest BCUT2D eigenvalue weighted by atomic mass is 32.2. The second-order valence-corrected chi connectivity index (χ2v) is 6.02. The lowest BCUT2D eigenvalue weighted by molar-refractivity contribution is -0.144. The Morgan fingerprint density at radius 3 is 2.29 bits per heavy atom. The molecule has 6 heteroatoms. The largest absolute Gasteiger partial charge is 0.467 e. The third-order valence-corrected chi connectivity index (χ3v) is 3.59. The Balaban J connectivity index is 2.54. The molecule has 5 nitrogen and oxygen atoms in total. The molecule has 0 spiro atoms. The first-order chi connectivity index (χ1) is 7.83. The van der Waals surface area contributed by atoms with Gasteiger partial charge in [0.1, 0.15) is 11.6 Å². The molecule has 17 heavy (non-hydrogen) atoms. The summed E-state index contributed by atoms with van der Waals surface area (Å²) in [5.74, 6) is 1.44. The van der Waals surface area contributed by atoms with E-state index in [0.29, 0.717) is 0 Å². The van der Waals surface area contributed by atoms with Gasteiger partial charge in [-0.15, -0.1) is 0 Å². The molecule has 0 aromatic carbocycles. The molecule has 0 bridgehead atoms. The number of thioether (sulfide) groups is 1. The summed E-state index contributed by atoms with van der Waals surface area (Å²) in [6.07, 6.45) is -0.579. The van der Waals surface area contributed by atoms with E-state index in [1.165, 1.54) is 7.11 Å². The summed E-state index contributed by atoms with van der Waals surface area (Å²) in [6, 6.07) is -0.601. The number of carbonyl (C=O) groups excluding carboxylic acids is 2. The van der Waals surface area contributed by atoms with Gasteiger partial charge in [0, 0.05) is 5.92 Å². The molecule has 1 saturated heterocycles. The van der Waals surface area contributed by atoms with Gasteiger partial charge in [-0.2, -0.15) is 11.8 Å². The van der Waals surface area contributed by atoms with Gasteiger partial charge in [-0.25, -0.2) is 9.59 Å². The number of rotatable bonds is 3. The van der Waals surface area contributed by atoms with Crippen molar-refractivity contribution in [2.75, 3.05) is 18.6 Å². The maximum absolute atomic E-state index is 11.6. The van der Waals surface area contributed by atoms with E-state index in [-0.39, 0.29) is 5.92 Å². The van der Waals surface area contributed by atoms with Crippen molar-refractivity contribution in [3.8, 4) is 0 Å². The molecule has 0 aromatic heterocycles. The molecule has 1 N–H and O–H groups in total. The Morgan fingerprint density at radius 1 is 1.35 bits per heavy atom. The molecule has 98 valence electrons. The average molecular weight is 261 g/mol. The third kappa shape index (κ3) is 4.46. The summed E-state index contributed by atoms with van der Waals surface area (Å²) in [5, 5.41) is 2.58. The van der Waals surface area contributed by atoms with E-state index in [9.17, 15) is 9.59 Å². The van der Waals surface area contributed by atoms with Gasteiger partial charge >= 0.3 is 12.1 Å². The van der Waals surface area contributed by atoms with E-state index in [1.807, 2.05) is 0 Å². The summed E-state index contributed by atoms with van der Waals surface area (Å²) >= 11 is 1.74. The third-order valence-electron chi connectivity index (χ3n) is 2.26. The number of methoxy groups -OCH3 is 1. The monoisotopic (exact) mass is 261 g/mol. The number of alkyl carbamates (subject to hydrolysis) is 1. The molecule has 1 fully saturated rings. The molecule has 0 aliphatic carbocycles. The van der Waals surface area contributed by atoms with E-state index in [0.717, 1.165) is 11.5 Å². The van der Waals surface area contributed by atoms with Gasteiger partial charge in [0.15, 0.2) is 0 Å². The predicted molar refractivity (Wildman–Crippen MR) is 66.0 cm³/mol. The number of carbonyl (C=O) groups is 2. The SMILES string of the molecule is COC(=O)[C@@H](NC(=O)OC(C)(C)C)C1CSC1. The topological polar surface area (TPSA) is 64.6 Å². The smallest absolute Gasteiger partial charge is 0.408 e. The van der Waals surface area contributed by atoms with Crippen LogP contribution >= 0.6 is 11.8 Å². The quantitative estimate of drug-likeness (QED) is 0.778. The van der Waals surface area contributed by atoms with E-state index in [2.05, 4.69) is 10.1 Å². The summed E-state index contributed by atoms with van der Waals surface area (Å²) in [4.78, 5) is 23.1. The average Bonchev–Trinajstić information content (AvgIpc) is 2.09. The summed E-state index contributed by atoms with van der Waals surface area (Å²) in [7, 11) is 1.32. The first-order valence-corrected chi connectivity index (χ1v) is 6.64. The Labute approximate surface area is 106 Å². The molecule has 1 atom stereocenters. The predicted octanol–water partition coefficient (Wildman–Crippen LogP) is 1.42. The van der Waals surface area contributed by atoms with E-state index in [1.54, 1.807) is 32.5 Å². The van der Waals surface area contributed by atoms with Gasteiger partial charge in [-0.05, 0) is 32.3 Å². The molecule has 1 heterocycles. The zero-order valence-electron chi connectivity index (χ0n) is 10.6. The standard InChI is InChI=1S/C11H19NO4S/c1-11(2,3)16-10(14)12-8(9(13)15-4)7-5-17-6-7/h7-8H,5-6H2,1-4H3,(H,12,14)/t8-/m0/s1. The highest BCUT2D eigenvalue weighted by Crippen LogP contribution is 2.28. The van der Waals surface area contributed by atoms with Crippen molar-refractivity contribution in [2.45, 2.75) is 32.4 Å². The van der Waals surface area contributed by atoms with Crippen LogP contribution in [-0.2, 0) is 14.3 Å². The maximum atomic E-state index is 11.6. The molecule has 1 amide bonds. The number of esters is 1. The van der Waals surface area contributed by atoms with Crippen LogP contribution in [0.15, 0.2) is 0 Å². The molecular weight excluding hydrogens is 242 g/mol. The fourth-order valence-electron chi connectivity index (χ4n) is 1.38. The molecule has 0 unspecified atom stereocenters. The van der Waals surface area contributed by atoms with E-state index < -0.39 is 23.7 Å². The zero-order chi connectivity index (χ0) is 13.1. The highest BCUT2D eigenvalue weighted by Gasteiger charge is 2.36. The minimum Gasteiger partial charge on any atom is -0.467 e. The van der Waals surface area contributed by atoms with Crippen molar-refractivity contribution < 1.29 is 19.1 Å². The number of amides is 1. The van der Waals surface area contributed by atoms with Gasteiger partial charge in [-0.1, -0.05) is 0 Å². The Morgan fingerprint density at radius 2 is 1.94 bits per heavy atom. The van der Waals surface area contributed by atoms with Crippen LogP contribution in [0.25, 0.3) is 0 Å². The highest BCUT2D eigenvalue weighted by molar-refractivity contribution is 8.00. The fourth-order valence-corrected chi connectivity index (χ4v) is 2.27. The van der Waals surface area contributed by atoms with Crippen LogP contribution in [0.1, 0.15) is 20.8 Å². The van der Waals surface area contributed by atoms with Crippen LogP contribution < -0.4 is 5.32 Å². The second kappa shape index (κ2) is 5.62. The molecule has 1 rings (SSSR count). The number of nitrogens with one attached hydrogen (secondary N) is 1. The Hall–Kier alpha value is -0.910. The second-order valence-electron chi connectivity index (χ2n) is 4.94. The molecule has 0 saturated carbocycles. The zero-order valence-corrected chi connectivity index (χ0v) is 11.4. The molecule has 0 radical (unpaired) electrons. The Kier molecular flexibility index (Phi) is 4.68. The van der Waals surface area contributed by atoms with Crippen LogP contribution in [-0.4, -0.2) is 42.3 Å². The van der Waals surface area contributed by atoms with Crippen molar-refractivity contribution in [2.24, 2.45) is 5.92 Å². The minimum absolute atomic E-state index is 0.139. The lowest BCUT2D eigenvalue weighted by atomic mass is 10.0. The van der Waals surface area contributed by atoms with Gasteiger partial charge in [0.2, 0.25) is 0 Å².